The maximum Gasteiger partial charge on any atom is 0.223 e. The second-order valence-electron chi connectivity index (χ2n) is 5.10. The fraction of sp³-hybridized carbons (Fsp3) is 0.615. The summed E-state index contributed by atoms with van der Waals surface area (Å²) in [5.41, 5.74) is 0.882. The van der Waals surface area contributed by atoms with Gasteiger partial charge in [0.25, 0.3) is 0 Å². The van der Waals surface area contributed by atoms with E-state index in [9.17, 15) is 4.79 Å². The van der Waals surface area contributed by atoms with Gasteiger partial charge in [-0.2, -0.15) is 0 Å². The minimum absolute atomic E-state index is 0.235. The van der Waals surface area contributed by atoms with Crippen LogP contribution in [0.4, 0.5) is 5.95 Å². The second-order valence-corrected chi connectivity index (χ2v) is 5.10. The topological polar surface area (TPSA) is 58.1 Å². The lowest BCUT2D eigenvalue weighted by Crippen LogP contribution is -2.25. The van der Waals surface area contributed by atoms with Gasteiger partial charge in [0, 0.05) is 26.2 Å². The van der Waals surface area contributed by atoms with E-state index >= 15 is 0 Å². The lowest BCUT2D eigenvalue weighted by Gasteiger charge is -2.17. The molecule has 98 valence electrons. The molecule has 1 aliphatic rings. The molecule has 1 fully saturated rings. The van der Waals surface area contributed by atoms with Crippen LogP contribution in [0, 0.1) is 11.8 Å². The van der Waals surface area contributed by atoms with Gasteiger partial charge < -0.3 is 10.2 Å². The van der Waals surface area contributed by atoms with Crippen molar-refractivity contribution in [3.63, 3.8) is 0 Å². The Kier molecular flexibility index (Phi) is 3.79. The molecule has 1 saturated heterocycles. The van der Waals surface area contributed by atoms with Crippen LogP contribution in [0.1, 0.15) is 26.0 Å². The molecule has 0 aliphatic carbocycles. The van der Waals surface area contributed by atoms with Gasteiger partial charge in [0.05, 0.1) is 12.2 Å². The fourth-order valence-corrected chi connectivity index (χ4v) is 2.20. The first kappa shape index (κ1) is 12.8. The summed E-state index contributed by atoms with van der Waals surface area (Å²) in [5, 5.41) is 2.90. The van der Waals surface area contributed by atoms with Crippen LogP contribution in [0.25, 0.3) is 0 Å². The highest BCUT2D eigenvalue weighted by atomic mass is 16.2. The predicted octanol–water partition coefficient (Wildman–Crippen LogP) is 1.52. The summed E-state index contributed by atoms with van der Waals surface area (Å²) in [4.78, 5) is 22.2. The number of nitrogens with zero attached hydrogens (tertiary/aromatic N) is 3. The highest BCUT2D eigenvalue weighted by molar-refractivity contribution is 5.78. The number of rotatable bonds is 4. The summed E-state index contributed by atoms with van der Waals surface area (Å²) in [6.07, 6.45) is 2.39. The summed E-state index contributed by atoms with van der Waals surface area (Å²) < 4.78 is 0. The van der Waals surface area contributed by atoms with E-state index < -0.39 is 0 Å². The largest absolute Gasteiger partial charge is 0.357 e. The van der Waals surface area contributed by atoms with E-state index in [0.717, 1.165) is 12.2 Å². The van der Waals surface area contributed by atoms with Gasteiger partial charge in [0.1, 0.15) is 0 Å². The normalized spacial score (nSPS) is 19.7. The zero-order valence-corrected chi connectivity index (χ0v) is 11.2. The summed E-state index contributed by atoms with van der Waals surface area (Å²) in [6, 6.07) is 1.86. The van der Waals surface area contributed by atoms with Crippen molar-refractivity contribution in [2.24, 2.45) is 11.8 Å². The van der Waals surface area contributed by atoms with Crippen molar-refractivity contribution in [2.75, 3.05) is 18.9 Å². The molecule has 0 saturated carbocycles. The van der Waals surface area contributed by atoms with Crippen molar-refractivity contribution in [3.05, 3.63) is 18.0 Å². The van der Waals surface area contributed by atoms with Gasteiger partial charge in [-0.25, -0.2) is 9.97 Å². The molecule has 0 spiro atoms. The van der Waals surface area contributed by atoms with Crippen molar-refractivity contribution in [2.45, 2.75) is 26.8 Å². The molecule has 2 rings (SSSR count). The van der Waals surface area contributed by atoms with Crippen molar-refractivity contribution < 1.29 is 4.79 Å². The SMILES string of the molecule is CNc1nccc(CN2CC(C(C)C)CC2=O)n1. The third kappa shape index (κ3) is 2.78. The number of amides is 1. The van der Waals surface area contributed by atoms with Gasteiger partial charge in [-0.05, 0) is 17.9 Å². The molecule has 1 aromatic heterocycles. The minimum Gasteiger partial charge on any atom is -0.357 e. The van der Waals surface area contributed by atoms with Crippen LogP contribution < -0.4 is 5.32 Å². The molecule has 1 unspecified atom stereocenters. The minimum atomic E-state index is 0.235. The van der Waals surface area contributed by atoms with Crippen LogP contribution in [0.15, 0.2) is 12.3 Å². The quantitative estimate of drug-likeness (QED) is 0.877. The zero-order valence-electron chi connectivity index (χ0n) is 11.2. The van der Waals surface area contributed by atoms with Gasteiger partial charge in [-0.3, -0.25) is 4.79 Å². The average Bonchev–Trinajstić information content (AvgIpc) is 2.71. The molecule has 1 aliphatic heterocycles. The van der Waals surface area contributed by atoms with Crippen LogP contribution in [-0.4, -0.2) is 34.4 Å². The lowest BCUT2D eigenvalue weighted by molar-refractivity contribution is -0.128. The molecule has 5 heteroatoms. The van der Waals surface area contributed by atoms with Gasteiger partial charge in [0.2, 0.25) is 11.9 Å². The molecule has 1 N–H and O–H groups in total. The first-order valence-corrected chi connectivity index (χ1v) is 6.37. The molecule has 1 amide bonds. The molecule has 0 aromatic carbocycles. The molecule has 0 bridgehead atoms. The summed E-state index contributed by atoms with van der Waals surface area (Å²) in [6.45, 7) is 5.77. The van der Waals surface area contributed by atoms with E-state index in [1.807, 2.05) is 11.0 Å². The van der Waals surface area contributed by atoms with E-state index in [0.29, 0.717) is 30.7 Å². The highest BCUT2D eigenvalue weighted by Gasteiger charge is 2.31. The Labute approximate surface area is 108 Å². The van der Waals surface area contributed by atoms with Crippen molar-refractivity contribution in [1.29, 1.82) is 0 Å². The maximum absolute atomic E-state index is 11.9. The van der Waals surface area contributed by atoms with Gasteiger partial charge in [0.15, 0.2) is 0 Å². The molecule has 2 heterocycles. The van der Waals surface area contributed by atoms with E-state index in [-0.39, 0.29) is 5.91 Å². The number of anilines is 1. The Morgan fingerprint density at radius 1 is 1.56 bits per heavy atom. The molecule has 1 atom stereocenters. The van der Waals surface area contributed by atoms with E-state index in [2.05, 4.69) is 29.1 Å². The van der Waals surface area contributed by atoms with Crippen molar-refractivity contribution in [1.82, 2.24) is 14.9 Å². The van der Waals surface area contributed by atoms with E-state index in [1.54, 1.807) is 13.2 Å². The third-order valence-corrected chi connectivity index (χ3v) is 3.48. The average molecular weight is 248 g/mol. The van der Waals surface area contributed by atoms with Crippen LogP contribution in [-0.2, 0) is 11.3 Å². The Bertz CT molecular complexity index is 433. The van der Waals surface area contributed by atoms with Gasteiger partial charge in [-0.15, -0.1) is 0 Å². The number of hydrogen-bond acceptors (Lipinski definition) is 4. The standard InChI is InChI=1S/C13H20N4O/c1-9(2)10-6-12(18)17(7-10)8-11-4-5-15-13(14-3)16-11/h4-5,9-10H,6-8H2,1-3H3,(H,14,15,16). The molecule has 1 aromatic rings. The molecule has 5 nitrogen and oxygen atoms in total. The lowest BCUT2D eigenvalue weighted by atomic mass is 9.95. The first-order chi connectivity index (χ1) is 8.60. The summed E-state index contributed by atoms with van der Waals surface area (Å²) in [7, 11) is 1.79. The van der Waals surface area contributed by atoms with Crippen LogP contribution >= 0.6 is 0 Å². The van der Waals surface area contributed by atoms with Crippen LogP contribution in [0.2, 0.25) is 0 Å². The smallest absolute Gasteiger partial charge is 0.223 e. The Balaban J connectivity index is 2.03. The fourth-order valence-electron chi connectivity index (χ4n) is 2.20. The van der Waals surface area contributed by atoms with E-state index in [4.69, 9.17) is 0 Å². The van der Waals surface area contributed by atoms with Crippen LogP contribution in [0.3, 0.4) is 0 Å². The number of nitrogens with one attached hydrogen (secondary N) is 1. The van der Waals surface area contributed by atoms with Crippen molar-refractivity contribution in [3.8, 4) is 0 Å². The molecule has 18 heavy (non-hydrogen) atoms. The zero-order chi connectivity index (χ0) is 13.1. The Hall–Kier alpha value is -1.65. The third-order valence-electron chi connectivity index (χ3n) is 3.48. The highest BCUT2D eigenvalue weighted by Crippen LogP contribution is 2.25. The molecular weight excluding hydrogens is 228 g/mol. The molecule has 0 radical (unpaired) electrons. The Morgan fingerprint density at radius 2 is 2.33 bits per heavy atom. The monoisotopic (exact) mass is 248 g/mol. The number of aromatic nitrogens is 2. The van der Waals surface area contributed by atoms with Crippen molar-refractivity contribution >= 4 is 11.9 Å². The second kappa shape index (κ2) is 5.33. The molecular formula is C13H20N4O. The number of hydrogen-bond donors (Lipinski definition) is 1. The maximum atomic E-state index is 11.9. The van der Waals surface area contributed by atoms with Gasteiger partial charge >= 0.3 is 0 Å². The summed E-state index contributed by atoms with van der Waals surface area (Å²) in [5.74, 6) is 1.86. The first-order valence-electron chi connectivity index (χ1n) is 6.37. The van der Waals surface area contributed by atoms with E-state index in [1.165, 1.54) is 0 Å². The van der Waals surface area contributed by atoms with Crippen LogP contribution in [0.5, 0.6) is 0 Å². The summed E-state index contributed by atoms with van der Waals surface area (Å²) >= 11 is 0. The number of carbonyl (C=O) groups is 1. The number of likely N-dealkylation sites (tertiary alicyclic amines) is 1. The Morgan fingerprint density at radius 3 is 2.94 bits per heavy atom. The number of carbonyl (C=O) groups excluding carboxylic acids is 1. The van der Waals surface area contributed by atoms with Gasteiger partial charge in [-0.1, -0.05) is 13.8 Å². The predicted molar refractivity (Wildman–Crippen MR) is 69.9 cm³/mol.